The minimum atomic E-state index is -0.879. The van der Waals surface area contributed by atoms with Crippen LogP contribution in [-0.2, 0) is 9.59 Å². The minimum absolute atomic E-state index is 0.0541. The van der Waals surface area contributed by atoms with Gasteiger partial charge in [0.25, 0.3) is 0 Å². The van der Waals surface area contributed by atoms with Crippen molar-refractivity contribution in [3.05, 3.63) is 47.5 Å². The molecule has 0 heterocycles. The van der Waals surface area contributed by atoms with Gasteiger partial charge in [0.05, 0.1) is 11.7 Å². The van der Waals surface area contributed by atoms with Gasteiger partial charge < -0.3 is 15.3 Å². The van der Waals surface area contributed by atoms with Crippen molar-refractivity contribution in [3.8, 4) is 0 Å². The number of hydrogen-bond donors (Lipinski definition) is 3. The standard InChI is InChI=1S/C21H30O4.C7H6O2/c1-20-8-7-13(23)9-12(20)3-4-14-15-5-6-16(18(25)11-22)21(15,2)10-17(24)19(14)20;8-7(9)6-4-2-1-3-5-6/h9,14-17,19,22,24H,3-8,10-11H2,1-2H3;1-5H,(H,8,9). The Kier molecular flexibility index (Phi) is 6.85. The van der Waals surface area contributed by atoms with Gasteiger partial charge in [-0.15, -0.1) is 0 Å². The predicted octanol–water partition coefficient (Wildman–Crippen LogP) is 4.05. The first kappa shape index (κ1) is 24.8. The quantitative estimate of drug-likeness (QED) is 0.617. The lowest BCUT2D eigenvalue weighted by Gasteiger charge is -2.59. The molecule has 0 saturated heterocycles. The van der Waals surface area contributed by atoms with Crippen LogP contribution < -0.4 is 0 Å². The summed E-state index contributed by atoms with van der Waals surface area (Å²) in [5.74, 6) is 0.239. The van der Waals surface area contributed by atoms with Crippen LogP contribution in [0.1, 0.15) is 69.2 Å². The number of carbonyl (C=O) groups excluding carboxylic acids is 2. The molecule has 0 bridgehead atoms. The van der Waals surface area contributed by atoms with Gasteiger partial charge in [-0.3, -0.25) is 9.59 Å². The molecule has 4 aliphatic rings. The third-order valence-corrected chi connectivity index (χ3v) is 9.46. The molecule has 7 atom stereocenters. The second-order valence-corrected chi connectivity index (χ2v) is 11.1. The summed E-state index contributed by atoms with van der Waals surface area (Å²) in [7, 11) is 0. The van der Waals surface area contributed by atoms with Crippen molar-refractivity contribution < 1.29 is 29.7 Å². The van der Waals surface area contributed by atoms with E-state index in [9.17, 15) is 24.6 Å². The number of rotatable bonds is 3. The van der Waals surface area contributed by atoms with Gasteiger partial charge in [-0.05, 0) is 85.3 Å². The highest BCUT2D eigenvalue weighted by atomic mass is 16.4. The van der Waals surface area contributed by atoms with Crippen LogP contribution in [0.2, 0.25) is 0 Å². The lowest BCUT2D eigenvalue weighted by molar-refractivity contribution is -0.146. The van der Waals surface area contributed by atoms with Crippen LogP contribution in [0, 0.1) is 34.5 Å². The second kappa shape index (κ2) is 9.38. The summed E-state index contributed by atoms with van der Waals surface area (Å²) in [5, 5.41) is 28.9. The number of benzene rings is 1. The third kappa shape index (κ3) is 4.16. The molecule has 1 aromatic rings. The highest BCUT2D eigenvalue weighted by Crippen LogP contribution is 2.66. The van der Waals surface area contributed by atoms with E-state index in [0.29, 0.717) is 30.2 Å². The molecule has 0 spiro atoms. The summed E-state index contributed by atoms with van der Waals surface area (Å²) in [6, 6.07) is 8.30. The van der Waals surface area contributed by atoms with Gasteiger partial charge in [0.15, 0.2) is 11.6 Å². The van der Waals surface area contributed by atoms with Gasteiger partial charge in [-0.1, -0.05) is 37.6 Å². The molecular formula is C28H36O6. The summed E-state index contributed by atoms with van der Waals surface area (Å²) >= 11 is 0. The largest absolute Gasteiger partial charge is 0.478 e. The zero-order valence-electron chi connectivity index (χ0n) is 20.1. The van der Waals surface area contributed by atoms with E-state index in [1.165, 1.54) is 5.57 Å². The maximum absolute atomic E-state index is 12.3. The van der Waals surface area contributed by atoms with E-state index in [2.05, 4.69) is 13.8 Å². The minimum Gasteiger partial charge on any atom is -0.478 e. The number of carboxylic acid groups (broad SMARTS) is 1. The van der Waals surface area contributed by atoms with Crippen LogP contribution in [0.15, 0.2) is 42.0 Å². The number of aliphatic hydroxyl groups excluding tert-OH is 2. The van der Waals surface area contributed by atoms with E-state index < -0.39 is 12.1 Å². The van der Waals surface area contributed by atoms with Gasteiger partial charge in [0.2, 0.25) is 0 Å². The van der Waals surface area contributed by atoms with Crippen molar-refractivity contribution in [2.24, 2.45) is 34.5 Å². The number of aliphatic hydroxyl groups is 2. The molecule has 0 radical (unpaired) electrons. The Morgan fingerprint density at radius 2 is 1.76 bits per heavy atom. The number of carbonyl (C=O) groups is 3. The fourth-order valence-electron chi connectivity index (χ4n) is 7.91. The molecule has 5 rings (SSSR count). The average Bonchev–Trinajstić information content (AvgIpc) is 3.16. The zero-order valence-corrected chi connectivity index (χ0v) is 20.1. The first-order valence-corrected chi connectivity index (χ1v) is 12.5. The lowest BCUT2D eigenvalue weighted by Crippen LogP contribution is -2.57. The molecule has 7 unspecified atom stereocenters. The van der Waals surface area contributed by atoms with Gasteiger partial charge in [0, 0.05) is 12.3 Å². The SMILES string of the molecule is CC12CCC(=O)C=C1CCC1C2C(O)CC2(C)C(C(=O)CO)CCC12.O=C(O)c1ccccc1. The molecule has 1 aromatic carbocycles. The van der Waals surface area contributed by atoms with Crippen LogP contribution in [0.5, 0.6) is 0 Å². The highest BCUT2D eigenvalue weighted by Gasteiger charge is 2.62. The van der Waals surface area contributed by atoms with Crippen molar-refractivity contribution >= 4 is 17.5 Å². The molecule has 3 fully saturated rings. The smallest absolute Gasteiger partial charge is 0.335 e. The van der Waals surface area contributed by atoms with Crippen LogP contribution in [0.4, 0.5) is 0 Å². The maximum Gasteiger partial charge on any atom is 0.335 e. The van der Waals surface area contributed by atoms with Crippen LogP contribution >= 0.6 is 0 Å². The number of allylic oxidation sites excluding steroid dienone is 1. The number of fused-ring (bicyclic) bond motifs is 5. The molecule has 3 N–H and O–H groups in total. The summed E-state index contributed by atoms with van der Waals surface area (Å²) in [6.07, 6.45) is 7.32. The van der Waals surface area contributed by atoms with E-state index in [-0.39, 0.29) is 40.8 Å². The van der Waals surface area contributed by atoms with Gasteiger partial charge in [-0.2, -0.15) is 0 Å². The molecule has 6 heteroatoms. The third-order valence-electron chi connectivity index (χ3n) is 9.46. The molecule has 0 aliphatic heterocycles. The molecule has 6 nitrogen and oxygen atoms in total. The highest BCUT2D eigenvalue weighted by molar-refractivity contribution is 5.91. The molecule has 4 aliphatic carbocycles. The number of ketones is 2. The molecule has 3 saturated carbocycles. The number of carboxylic acids is 1. The van der Waals surface area contributed by atoms with E-state index in [0.717, 1.165) is 32.1 Å². The van der Waals surface area contributed by atoms with Crippen molar-refractivity contribution in [2.45, 2.75) is 64.9 Å². The molecule has 0 aromatic heterocycles. The summed E-state index contributed by atoms with van der Waals surface area (Å²) in [4.78, 5) is 34.4. The van der Waals surface area contributed by atoms with Crippen molar-refractivity contribution in [2.75, 3.05) is 6.61 Å². The molecule has 34 heavy (non-hydrogen) atoms. The lowest BCUT2D eigenvalue weighted by atomic mass is 9.46. The summed E-state index contributed by atoms with van der Waals surface area (Å²) in [6.45, 7) is 4.03. The first-order chi connectivity index (χ1) is 16.1. The van der Waals surface area contributed by atoms with Crippen LogP contribution in [0.25, 0.3) is 0 Å². The molecular weight excluding hydrogens is 432 g/mol. The van der Waals surface area contributed by atoms with Crippen LogP contribution in [0.3, 0.4) is 0 Å². The van der Waals surface area contributed by atoms with Crippen molar-refractivity contribution in [3.63, 3.8) is 0 Å². The Balaban J connectivity index is 0.000000257. The topological polar surface area (TPSA) is 112 Å². The number of hydrogen-bond acceptors (Lipinski definition) is 5. The Morgan fingerprint density at radius 1 is 1.06 bits per heavy atom. The monoisotopic (exact) mass is 468 g/mol. The predicted molar refractivity (Wildman–Crippen MR) is 127 cm³/mol. The van der Waals surface area contributed by atoms with E-state index in [1.54, 1.807) is 30.3 Å². The van der Waals surface area contributed by atoms with Gasteiger partial charge >= 0.3 is 5.97 Å². The number of aromatic carboxylic acids is 1. The fourth-order valence-corrected chi connectivity index (χ4v) is 7.91. The zero-order chi connectivity index (χ0) is 24.7. The fraction of sp³-hybridized carbons (Fsp3) is 0.607. The van der Waals surface area contributed by atoms with E-state index in [1.807, 2.05) is 6.08 Å². The first-order valence-electron chi connectivity index (χ1n) is 12.5. The Morgan fingerprint density at radius 3 is 2.38 bits per heavy atom. The van der Waals surface area contributed by atoms with Crippen molar-refractivity contribution in [1.29, 1.82) is 0 Å². The summed E-state index contributed by atoms with van der Waals surface area (Å²) < 4.78 is 0. The number of Topliss-reactive ketones (excluding diaryl/α,β-unsaturated/α-hetero) is 1. The van der Waals surface area contributed by atoms with Crippen molar-refractivity contribution in [1.82, 2.24) is 0 Å². The van der Waals surface area contributed by atoms with Gasteiger partial charge in [0.1, 0.15) is 6.61 Å². The Bertz CT molecular complexity index is 984. The molecule has 0 amide bonds. The Labute approximate surface area is 201 Å². The van der Waals surface area contributed by atoms with E-state index >= 15 is 0 Å². The Hall–Kier alpha value is -2.31. The second-order valence-electron chi connectivity index (χ2n) is 11.1. The average molecular weight is 469 g/mol. The molecule has 184 valence electrons. The normalized spacial score (nSPS) is 38.4. The maximum atomic E-state index is 12.3. The summed E-state index contributed by atoms with van der Waals surface area (Å²) in [5.41, 5.74) is 1.31. The van der Waals surface area contributed by atoms with E-state index in [4.69, 9.17) is 5.11 Å². The van der Waals surface area contributed by atoms with Gasteiger partial charge in [-0.25, -0.2) is 4.79 Å². The van der Waals surface area contributed by atoms with Crippen LogP contribution in [-0.4, -0.2) is 45.6 Å².